The topological polar surface area (TPSA) is 108 Å². The van der Waals surface area contributed by atoms with Crippen LogP contribution in [-0.2, 0) is 23.3 Å². The number of fused-ring (bicyclic) bond motifs is 6. The lowest BCUT2D eigenvalue weighted by molar-refractivity contribution is 0.303. The average molecular weight is 819 g/mol. The number of allylic oxidation sites excluding steroid dienone is 2. The van der Waals surface area contributed by atoms with Gasteiger partial charge in [0.2, 0.25) is 0 Å². The SMILES string of the molecule is O=S(=O)(O)c1cc2c(s1)-c1c(c(/C=C/CCC/C=C/c3nn(-c4ccc(Cl)cc4Cl)c4c3COc3ccsc3-4)nn1-c1ccc(Cl)cc1Cl)CO2. The quantitative estimate of drug-likeness (QED) is 0.114. The van der Waals surface area contributed by atoms with Gasteiger partial charge in [0.25, 0.3) is 0 Å². The molecule has 0 unspecified atom stereocenters. The molecule has 0 saturated heterocycles. The van der Waals surface area contributed by atoms with Gasteiger partial charge in [-0.25, -0.2) is 9.36 Å². The zero-order valence-corrected chi connectivity index (χ0v) is 31.6. The van der Waals surface area contributed by atoms with Gasteiger partial charge in [-0.15, -0.1) is 22.7 Å². The molecule has 16 heteroatoms. The van der Waals surface area contributed by atoms with E-state index in [2.05, 4.69) is 6.08 Å². The lowest BCUT2D eigenvalue weighted by Crippen LogP contribution is -2.06. The van der Waals surface area contributed by atoms with Crippen LogP contribution in [0.15, 0.2) is 70.3 Å². The number of unbranched alkanes of at least 4 members (excludes halogenated alkanes) is 2. The maximum Gasteiger partial charge on any atom is 0.304 e. The number of hydrogen-bond donors (Lipinski definition) is 1. The monoisotopic (exact) mass is 816 g/mol. The van der Waals surface area contributed by atoms with Gasteiger partial charge >= 0.3 is 10.1 Å². The van der Waals surface area contributed by atoms with E-state index in [0.29, 0.717) is 54.4 Å². The van der Waals surface area contributed by atoms with E-state index in [1.54, 1.807) is 46.4 Å². The van der Waals surface area contributed by atoms with Crippen LogP contribution in [0.4, 0.5) is 0 Å². The predicted molar refractivity (Wildman–Crippen MR) is 204 cm³/mol. The number of halogens is 4. The Bertz CT molecular complexity index is 2520. The third kappa shape index (κ3) is 6.53. The van der Waals surface area contributed by atoms with Crippen LogP contribution < -0.4 is 9.47 Å². The van der Waals surface area contributed by atoms with Crippen LogP contribution in [0.1, 0.15) is 41.8 Å². The first-order valence-corrected chi connectivity index (χ1v) is 20.1. The van der Waals surface area contributed by atoms with Crippen molar-refractivity contribution in [3.63, 3.8) is 0 Å². The Morgan fingerprint density at radius 1 is 0.765 bits per heavy atom. The van der Waals surface area contributed by atoms with Crippen molar-refractivity contribution >= 4 is 91.3 Å². The summed E-state index contributed by atoms with van der Waals surface area (Å²) in [6.45, 7) is 0.561. The molecular weight excluding hydrogens is 794 g/mol. The molecule has 0 bridgehead atoms. The lowest BCUT2D eigenvalue weighted by Gasteiger charge is -2.16. The molecule has 6 aromatic rings. The molecule has 260 valence electrons. The van der Waals surface area contributed by atoms with Gasteiger partial charge in [-0.3, -0.25) is 4.55 Å². The molecule has 0 atom stereocenters. The highest BCUT2D eigenvalue weighted by Gasteiger charge is 2.32. The zero-order valence-electron chi connectivity index (χ0n) is 26.1. The molecule has 1 N–H and O–H groups in total. The summed E-state index contributed by atoms with van der Waals surface area (Å²) in [4.78, 5) is 1.53. The molecule has 4 aromatic heterocycles. The Labute approximate surface area is 320 Å². The number of benzene rings is 2. The largest absolute Gasteiger partial charge is 0.487 e. The van der Waals surface area contributed by atoms with E-state index >= 15 is 0 Å². The van der Waals surface area contributed by atoms with Gasteiger partial charge in [0.1, 0.15) is 24.7 Å². The molecule has 8 rings (SSSR count). The maximum absolute atomic E-state index is 11.9. The molecule has 51 heavy (non-hydrogen) atoms. The van der Waals surface area contributed by atoms with E-state index in [-0.39, 0.29) is 10.8 Å². The number of nitrogens with zero attached hydrogens (tertiary/aromatic N) is 4. The zero-order chi connectivity index (χ0) is 35.4. The van der Waals surface area contributed by atoms with E-state index in [0.717, 1.165) is 69.4 Å². The Balaban J connectivity index is 1.03. The van der Waals surface area contributed by atoms with Gasteiger partial charge in [-0.05, 0) is 79.3 Å². The summed E-state index contributed by atoms with van der Waals surface area (Å²) < 4.78 is 48.9. The summed E-state index contributed by atoms with van der Waals surface area (Å²) in [6.07, 6.45) is 10.5. The molecule has 0 aliphatic carbocycles. The second kappa shape index (κ2) is 13.8. The van der Waals surface area contributed by atoms with Gasteiger partial charge in [0.05, 0.1) is 54.0 Å². The Morgan fingerprint density at radius 2 is 1.31 bits per heavy atom. The fourth-order valence-corrected chi connectivity index (χ4v) is 9.68. The smallest absolute Gasteiger partial charge is 0.304 e. The van der Waals surface area contributed by atoms with Gasteiger partial charge in [-0.2, -0.15) is 18.6 Å². The lowest BCUT2D eigenvalue weighted by atomic mass is 10.1. The first-order chi connectivity index (χ1) is 24.6. The standard InChI is InChI=1S/C35H24Cl4N4O5S3/c36-19-8-10-27(23(38)14-19)42-32-21(17-47-29-12-13-49-34(29)32)25(40-42)6-4-2-1-3-5-7-26-22-18-48-30-16-31(51(44,45)46)50-35(30)33(22)43(41-26)28-11-9-20(37)15-24(28)39/h4-16H,1-3,17-18H2,(H,44,45,46)/b6-4+,7-5+. The van der Waals surface area contributed by atoms with Crippen LogP contribution >= 0.6 is 69.1 Å². The Morgan fingerprint density at radius 3 is 1.86 bits per heavy atom. The molecule has 9 nitrogen and oxygen atoms in total. The fourth-order valence-electron chi connectivity index (χ4n) is 5.99. The highest BCUT2D eigenvalue weighted by Crippen LogP contribution is 2.48. The van der Waals surface area contributed by atoms with Crippen LogP contribution in [0.2, 0.25) is 20.1 Å². The van der Waals surface area contributed by atoms with Crippen molar-refractivity contribution in [1.82, 2.24) is 19.6 Å². The van der Waals surface area contributed by atoms with E-state index < -0.39 is 10.1 Å². The molecule has 0 fully saturated rings. The van der Waals surface area contributed by atoms with Crippen LogP contribution in [0, 0.1) is 0 Å². The molecular formula is C35H24Cl4N4O5S3. The highest BCUT2D eigenvalue weighted by atomic mass is 35.5. The molecule has 0 amide bonds. The molecule has 2 aromatic carbocycles. The summed E-state index contributed by atoms with van der Waals surface area (Å²) in [7, 11) is -4.43. The first-order valence-electron chi connectivity index (χ1n) is 15.5. The van der Waals surface area contributed by atoms with Crippen LogP contribution in [0.3, 0.4) is 0 Å². The second-order valence-corrected chi connectivity index (χ2v) is 16.9. The molecule has 2 aliphatic rings. The number of rotatable bonds is 9. The van der Waals surface area contributed by atoms with Gasteiger partial charge in [0.15, 0.2) is 4.21 Å². The summed E-state index contributed by atoms with van der Waals surface area (Å²) in [5.41, 5.74) is 6.15. The van der Waals surface area contributed by atoms with Crippen molar-refractivity contribution in [3.8, 4) is 44.0 Å². The normalized spacial score (nSPS) is 13.6. The summed E-state index contributed by atoms with van der Waals surface area (Å²) in [6, 6.07) is 13.7. The van der Waals surface area contributed by atoms with Crippen molar-refractivity contribution in [2.45, 2.75) is 36.7 Å². The van der Waals surface area contributed by atoms with Crippen LogP contribution in [-0.4, -0.2) is 32.5 Å². The van der Waals surface area contributed by atoms with E-state index in [4.69, 9.17) is 66.1 Å². The van der Waals surface area contributed by atoms with Gasteiger partial charge < -0.3 is 9.47 Å². The number of aromatic nitrogens is 4. The molecule has 0 radical (unpaired) electrons. The van der Waals surface area contributed by atoms with Crippen LogP contribution in [0.25, 0.3) is 44.7 Å². The molecule has 6 heterocycles. The van der Waals surface area contributed by atoms with Crippen molar-refractivity contribution in [1.29, 1.82) is 0 Å². The van der Waals surface area contributed by atoms with E-state index in [1.807, 2.05) is 40.4 Å². The molecule has 0 saturated carbocycles. The first kappa shape index (κ1) is 34.5. The highest BCUT2D eigenvalue weighted by molar-refractivity contribution is 7.88. The predicted octanol–water partition coefficient (Wildman–Crippen LogP) is 11.1. The number of thiophene rings is 2. The second-order valence-electron chi connectivity index (χ2n) is 11.6. The minimum Gasteiger partial charge on any atom is -0.487 e. The summed E-state index contributed by atoms with van der Waals surface area (Å²) >= 11 is 28.0. The maximum atomic E-state index is 11.9. The van der Waals surface area contributed by atoms with Crippen LogP contribution in [0.5, 0.6) is 11.5 Å². The Hall–Kier alpha value is -3.59. The Kier molecular flexibility index (Phi) is 9.30. The molecule has 0 spiro atoms. The number of hydrogen-bond acceptors (Lipinski definition) is 8. The summed E-state index contributed by atoms with van der Waals surface area (Å²) in [5.74, 6) is 1.17. The van der Waals surface area contributed by atoms with Crippen molar-refractivity contribution < 1.29 is 22.4 Å². The van der Waals surface area contributed by atoms with Gasteiger partial charge in [0, 0.05) is 27.2 Å². The van der Waals surface area contributed by atoms with Crippen molar-refractivity contribution in [2.75, 3.05) is 0 Å². The van der Waals surface area contributed by atoms with E-state index in [1.165, 1.54) is 6.07 Å². The number of ether oxygens (including phenoxy) is 2. The third-order valence-corrected chi connectivity index (χ3v) is 12.7. The van der Waals surface area contributed by atoms with E-state index in [9.17, 15) is 13.0 Å². The minimum atomic E-state index is -4.43. The van der Waals surface area contributed by atoms with Crippen molar-refractivity contribution in [2.24, 2.45) is 0 Å². The third-order valence-electron chi connectivity index (χ3n) is 8.33. The fraction of sp³-hybridized carbons (Fsp3) is 0.143. The van der Waals surface area contributed by atoms with Gasteiger partial charge in [-0.1, -0.05) is 58.6 Å². The van der Waals surface area contributed by atoms with Crippen molar-refractivity contribution in [3.05, 3.63) is 109 Å². The molecule has 2 aliphatic heterocycles. The summed E-state index contributed by atoms with van der Waals surface area (Å²) in [5, 5.41) is 13.7. The minimum absolute atomic E-state index is 0.159. The average Bonchev–Trinajstić information content (AvgIpc) is 3.88.